The summed E-state index contributed by atoms with van der Waals surface area (Å²) >= 11 is 5.44. The van der Waals surface area contributed by atoms with E-state index in [0.717, 1.165) is 11.0 Å². The quantitative estimate of drug-likeness (QED) is 0.875. The zero-order valence-electron chi connectivity index (χ0n) is 10.0. The standard InChI is InChI=1S/C14H16BrNS/c1-3-16-14(11-8-9-17-10(11)2)12-6-4-5-7-13(12)15/h4-9,14,16H,3H2,1-2H3. The van der Waals surface area contributed by atoms with E-state index in [4.69, 9.17) is 0 Å². The Labute approximate surface area is 115 Å². The summed E-state index contributed by atoms with van der Waals surface area (Å²) in [6, 6.07) is 10.9. The number of halogens is 1. The Morgan fingerprint density at radius 2 is 2.00 bits per heavy atom. The molecule has 1 aromatic heterocycles. The molecule has 0 aliphatic carbocycles. The molecule has 90 valence electrons. The molecule has 0 aliphatic rings. The Balaban J connectivity index is 2.43. The molecule has 0 fully saturated rings. The maximum Gasteiger partial charge on any atom is 0.0598 e. The Morgan fingerprint density at radius 1 is 1.24 bits per heavy atom. The number of nitrogens with one attached hydrogen (secondary N) is 1. The second kappa shape index (κ2) is 5.80. The van der Waals surface area contributed by atoms with E-state index < -0.39 is 0 Å². The van der Waals surface area contributed by atoms with Crippen molar-refractivity contribution < 1.29 is 0 Å². The fraction of sp³-hybridized carbons (Fsp3) is 0.286. The molecular formula is C14H16BrNS. The molecule has 1 atom stereocenters. The van der Waals surface area contributed by atoms with Crippen LogP contribution < -0.4 is 5.32 Å². The molecule has 1 aromatic carbocycles. The van der Waals surface area contributed by atoms with Gasteiger partial charge in [-0.25, -0.2) is 0 Å². The van der Waals surface area contributed by atoms with Crippen LogP contribution in [0.1, 0.15) is 29.0 Å². The largest absolute Gasteiger partial charge is 0.306 e. The summed E-state index contributed by atoms with van der Waals surface area (Å²) < 4.78 is 1.16. The summed E-state index contributed by atoms with van der Waals surface area (Å²) in [5.74, 6) is 0. The normalized spacial score (nSPS) is 12.6. The van der Waals surface area contributed by atoms with Gasteiger partial charge in [0.2, 0.25) is 0 Å². The number of hydrogen-bond donors (Lipinski definition) is 1. The molecule has 1 N–H and O–H groups in total. The molecule has 0 spiro atoms. The van der Waals surface area contributed by atoms with Gasteiger partial charge in [-0.3, -0.25) is 0 Å². The summed E-state index contributed by atoms with van der Waals surface area (Å²) in [5.41, 5.74) is 2.68. The van der Waals surface area contributed by atoms with Crippen LogP contribution in [0.3, 0.4) is 0 Å². The number of rotatable bonds is 4. The highest BCUT2D eigenvalue weighted by Gasteiger charge is 2.17. The van der Waals surface area contributed by atoms with Crippen LogP contribution in [0.2, 0.25) is 0 Å². The van der Waals surface area contributed by atoms with Crippen molar-refractivity contribution in [1.29, 1.82) is 0 Å². The second-order valence-corrected chi connectivity index (χ2v) is 5.92. The first-order valence-electron chi connectivity index (χ1n) is 5.75. The molecule has 1 heterocycles. The van der Waals surface area contributed by atoms with Crippen LogP contribution in [0.5, 0.6) is 0 Å². The predicted molar refractivity (Wildman–Crippen MR) is 78.7 cm³/mol. The highest BCUT2D eigenvalue weighted by atomic mass is 79.9. The smallest absolute Gasteiger partial charge is 0.0598 e. The third-order valence-corrected chi connectivity index (χ3v) is 4.42. The van der Waals surface area contributed by atoms with Gasteiger partial charge in [-0.05, 0) is 42.1 Å². The minimum Gasteiger partial charge on any atom is -0.306 e. The maximum absolute atomic E-state index is 3.64. The van der Waals surface area contributed by atoms with Crippen molar-refractivity contribution in [3.05, 3.63) is 56.2 Å². The molecule has 0 bridgehead atoms. The van der Waals surface area contributed by atoms with Crippen LogP contribution in [0, 0.1) is 6.92 Å². The lowest BCUT2D eigenvalue weighted by Gasteiger charge is -2.20. The van der Waals surface area contributed by atoms with Crippen molar-refractivity contribution in [3.63, 3.8) is 0 Å². The van der Waals surface area contributed by atoms with Crippen LogP contribution in [0.15, 0.2) is 40.2 Å². The third-order valence-electron chi connectivity index (χ3n) is 2.83. The van der Waals surface area contributed by atoms with Gasteiger partial charge in [-0.15, -0.1) is 11.3 Å². The summed E-state index contributed by atoms with van der Waals surface area (Å²) in [5, 5.41) is 5.72. The number of aryl methyl sites for hydroxylation is 1. The predicted octanol–water partition coefficient (Wildman–Crippen LogP) is 4.52. The van der Waals surface area contributed by atoms with Crippen molar-refractivity contribution in [2.45, 2.75) is 19.9 Å². The summed E-state index contributed by atoms with van der Waals surface area (Å²) in [7, 11) is 0. The SMILES string of the molecule is CCNC(c1ccccc1Br)c1ccsc1C. The molecular weight excluding hydrogens is 294 g/mol. The monoisotopic (exact) mass is 309 g/mol. The third kappa shape index (κ3) is 2.79. The van der Waals surface area contributed by atoms with Gasteiger partial charge in [0.15, 0.2) is 0 Å². The number of hydrogen-bond acceptors (Lipinski definition) is 2. The van der Waals surface area contributed by atoms with E-state index in [0.29, 0.717) is 0 Å². The van der Waals surface area contributed by atoms with E-state index >= 15 is 0 Å². The molecule has 0 aliphatic heterocycles. The van der Waals surface area contributed by atoms with E-state index in [1.807, 2.05) is 0 Å². The molecule has 1 nitrogen and oxygen atoms in total. The molecule has 17 heavy (non-hydrogen) atoms. The lowest BCUT2D eigenvalue weighted by atomic mass is 9.99. The summed E-state index contributed by atoms with van der Waals surface area (Å²) in [4.78, 5) is 1.38. The van der Waals surface area contributed by atoms with E-state index in [1.54, 1.807) is 11.3 Å². The Hall–Kier alpha value is -0.640. The molecule has 0 radical (unpaired) electrons. The van der Waals surface area contributed by atoms with Gasteiger partial charge < -0.3 is 5.32 Å². The fourth-order valence-electron chi connectivity index (χ4n) is 2.00. The average Bonchev–Trinajstić information content (AvgIpc) is 2.74. The van der Waals surface area contributed by atoms with Crippen molar-refractivity contribution in [1.82, 2.24) is 5.32 Å². The zero-order chi connectivity index (χ0) is 12.3. The molecule has 0 saturated carbocycles. The zero-order valence-corrected chi connectivity index (χ0v) is 12.4. The Morgan fingerprint density at radius 3 is 2.59 bits per heavy atom. The van der Waals surface area contributed by atoms with Gasteiger partial charge in [-0.2, -0.15) is 0 Å². The molecule has 3 heteroatoms. The Kier molecular flexibility index (Phi) is 4.37. The minimum atomic E-state index is 0.279. The van der Waals surface area contributed by atoms with E-state index in [9.17, 15) is 0 Å². The fourth-order valence-corrected chi connectivity index (χ4v) is 3.25. The van der Waals surface area contributed by atoms with Crippen molar-refractivity contribution in [2.24, 2.45) is 0 Å². The molecule has 0 amide bonds. The molecule has 1 unspecified atom stereocenters. The van der Waals surface area contributed by atoms with Gasteiger partial charge in [0.05, 0.1) is 6.04 Å². The molecule has 0 saturated heterocycles. The highest BCUT2D eigenvalue weighted by molar-refractivity contribution is 9.10. The van der Waals surface area contributed by atoms with Crippen molar-refractivity contribution in [3.8, 4) is 0 Å². The number of benzene rings is 1. The van der Waals surface area contributed by atoms with Crippen LogP contribution in [-0.4, -0.2) is 6.54 Å². The van der Waals surface area contributed by atoms with Gasteiger partial charge in [0.25, 0.3) is 0 Å². The topological polar surface area (TPSA) is 12.0 Å². The van der Waals surface area contributed by atoms with Gasteiger partial charge >= 0.3 is 0 Å². The van der Waals surface area contributed by atoms with Crippen molar-refractivity contribution >= 4 is 27.3 Å². The van der Waals surface area contributed by atoms with Crippen LogP contribution >= 0.6 is 27.3 Å². The maximum atomic E-state index is 3.64. The van der Waals surface area contributed by atoms with Crippen LogP contribution in [0.4, 0.5) is 0 Å². The van der Waals surface area contributed by atoms with Crippen LogP contribution in [0.25, 0.3) is 0 Å². The lowest BCUT2D eigenvalue weighted by Crippen LogP contribution is -2.22. The van der Waals surface area contributed by atoms with E-state index in [2.05, 4.69) is 70.8 Å². The summed E-state index contributed by atoms with van der Waals surface area (Å²) in [6.45, 7) is 5.29. The van der Waals surface area contributed by atoms with Gasteiger partial charge in [0, 0.05) is 9.35 Å². The minimum absolute atomic E-state index is 0.279. The lowest BCUT2D eigenvalue weighted by molar-refractivity contribution is 0.628. The first-order valence-corrected chi connectivity index (χ1v) is 7.43. The summed E-state index contributed by atoms with van der Waals surface area (Å²) in [6.07, 6.45) is 0. The van der Waals surface area contributed by atoms with Gasteiger partial charge in [0.1, 0.15) is 0 Å². The number of thiophene rings is 1. The van der Waals surface area contributed by atoms with E-state index in [-0.39, 0.29) is 6.04 Å². The molecule has 2 aromatic rings. The van der Waals surface area contributed by atoms with E-state index in [1.165, 1.54) is 16.0 Å². The first kappa shape index (κ1) is 12.8. The van der Waals surface area contributed by atoms with Crippen molar-refractivity contribution in [2.75, 3.05) is 6.54 Å². The average molecular weight is 310 g/mol. The second-order valence-electron chi connectivity index (χ2n) is 3.94. The Bertz CT molecular complexity index is 492. The van der Waals surface area contributed by atoms with Crippen LogP contribution in [-0.2, 0) is 0 Å². The highest BCUT2D eigenvalue weighted by Crippen LogP contribution is 2.32. The first-order chi connectivity index (χ1) is 8.24. The molecule has 2 rings (SSSR count). The van der Waals surface area contributed by atoms with Gasteiger partial charge in [-0.1, -0.05) is 41.1 Å².